The van der Waals surface area contributed by atoms with E-state index in [1.807, 2.05) is 36.4 Å². The van der Waals surface area contributed by atoms with E-state index in [1.54, 1.807) is 0 Å². The summed E-state index contributed by atoms with van der Waals surface area (Å²) in [6.07, 6.45) is 8.16. The SMILES string of the molecule is Nc1cc(Cl)ccc1/C(=C/C=C1CCC1)c1ccccc1. The van der Waals surface area contributed by atoms with Gasteiger partial charge in [0, 0.05) is 16.3 Å². The first-order valence-electron chi connectivity index (χ1n) is 7.24. The summed E-state index contributed by atoms with van der Waals surface area (Å²) in [5, 5.41) is 0.668. The highest BCUT2D eigenvalue weighted by atomic mass is 35.5. The third-order valence-electron chi connectivity index (χ3n) is 3.87. The number of benzene rings is 2. The van der Waals surface area contributed by atoms with Crippen LogP contribution < -0.4 is 5.73 Å². The van der Waals surface area contributed by atoms with Gasteiger partial charge in [-0.15, -0.1) is 0 Å². The number of nitrogen functional groups attached to an aromatic ring is 1. The molecule has 0 bridgehead atoms. The van der Waals surface area contributed by atoms with Crippen molar-refractivity contribution in [3.63, 3.8) is 0 Å². The number of nitrogens with two attached hydrogens (primary N) is 1. The standard InChI is InChI=1S/C19H18ClN/c20-16-10-12-18(19(21)13-16)17(11-9-14-5-4-6-14)15-7-2-1-3-8-15/h1-3,7-13H,4-6,21H2/b17-11+. The zero-order valence-corrected chi connectivity index (χ0v) is 12.6. The van der Waals surface area contributed by atoms with Crippen LogP contribution in [0.1, 0.15) is 30.4 Å². The van der Waals surface area contributed by atoms with Crippen molar-refractivity contribution in [1.29, 1.82) is 0 Å². The number of anilines is 1. The monoisotopic (exact) mass is 295 g/mol. The summed E-state index contributed by atoms with van der Waals surface area (Å²) >= 11 is 6.02. The van der Waals surface area contributed by atoms with Crippen LogP contribution in [0.3, 0.4) is 0 Å². The summed E-state index contributed by atoms with van der Waals surface area (Å²) in [5.74, 6) is 0. The fraction of sp³-hybridized carbons (Fsp3) is 0.158. The molecule has 0 spiro atoms. The minimum absolute atomic E-state index is 0.668. The summed E-state index contributed by atoms with van der Waals surface area (Å²) in [6, 6.07) is 16.0. The van der Waals surface area contributed by atoms with Crippen LogP contribution in [0, 0.1) is 0 Å². The van der Waals surface area contributed by atoms with Crippen molar-refractivity contribution in [2.75, 3.05) is 5.73 Å². The molecule has 1 saturated carbocycles. The molecule has 0 heterocycles. The predicted octanol–water partition coefficient (Wildman–Crippen LogP) is 5.46. The van der Waals surface area contributed by atoms with E-state index < -0.39 is 0 Å². The number of hydrogen-bond donors (Lipinski definition) is 1. The minimum atomic E-state index is 0.668. The van der Waals surface area contributed by atoms with E-state index in [0.29, 0.717) is 10.7 Å². The van der Waals surface area contributed by atoms with Gasteiger partial charge in [-0.3, -0.25) is 0 Å². The first-order chi connectivity index (χ1) is 10.2. The number of hydrogen-bond acceptors (Lipinski definition) is 1. The minimum Gasteiger partial charge on any atom is -0.398 e. The Hall–Kier alpha value is -1.99. The molecule has 0 unspecified atom stereocenters. The van der Waals surface area contributed by atoms with Crippen molar-refractivity contribution in [3.8, 4) is 0 Å². The summed E-state index contributed by atoms with van der Waals surface area (Å²) < 4.78 is 0. The maximum atomic E-state index is 6.17. The number of halogens is 1. The Morgan fingerprint density at radius 2 is 1.81 bits per heavy atom. The highest BCUT2D eigenvalue weighted by molar-refractivity contribution is 6.31. The van der Waals surface area contributed by atoms with E-state index in [1.165, 1.54) is 30.4 Å². The molecule has 2 aromatic rings. The van der Waals surface area contributed by atoms with Gasteiger partial charge in [-0.05, 0) is 42.5 Å². The molecule has 0 radical (unpaired) electrons. The third-order valence-corrected chi connectivity index (χ3v) is 4.11. The molecule has 2 N–H and O–H groups in total. The first kappa shape index (κ1) is 14.0. The lowest BCUT2D eigenvalue weighted by atomic mass is 9.90. The van der Waals surface area contributed by atoms with Gasteiger partial charge in [0.1, 0.15) is 0 Å². The number of allylic oxidation sites excluding steroid dienone is 3. The number of rotatable bonds is 3. The van der Waals surface area contributed by atoms with Crippen LogP contribution in [0.15, 0.2) is 66.3 Å². The molecule has 21 heavy (non-hydrogen) atoms. The third kappa shape index (κ3) is 3.20. The first-order valence-corrected chi connectivity index (χ1v) is 7.62. The molecule has 0 saturated heterocycles. The maximum Gasteiger partial charge on any atom is 0.0426 e. The van der Waals surface area contributed by atoms with E-state index in [-0.39, 0.29) is 0 Å². The van der Waals surface area contributed by atoms with Gasteiger partial charge < -0.3 is 5.73 Å². The van der Waals surface area contributed by atoms with E-state index in [0.717, 1.165) is 11.1 Å². The van der Waals surface area contributed by atoms with Gasteiger partial charge in [-0.2, -0.15) is 0 Å². The predicted molar refractivity (Wildman–Crippen MR) is 91.3 cm³/mol. The summed E-state index contributed by atoms with van der Waals surface area (Å²) in [7, 11) is 0. The molecule has 0 aromatic heterocycles. The lowest BCUT2D eigenvalue weighted by molar-refractivity contribution is 0.663. The van der Waals surface area contributed by atoms with Gasteiger partial charge in [-0.25, -0.2) is 0 Å². The van der Waals surface area contributed by atoms with Crippen molar-refractivity contribution >= 4 is 22.9 Å². The van der Waals surface area contributed by atoms with Gasteiger partial charge in [0.05, 0.1) is 0 Å². The Morgan fingerprint density at radius 1 is 1.05 bits per heavy atom. The quantitative estimate of drug-likeness (QED) is 0.747. The Kier molecular flexibility index (Phi) is 4.12. The molecule has 3 rings (SSSR count). The lowest BCUT2D eigenvalue weighted by Gasteiger charge is -2.16. The lowest BCUT2D eigenvalue weighted by Crippen LogP contribution is -1.97. The van der Waals surface area contributed by atoms with Gasteiger partial charge in [0.15, 0.2) is 0 Å². The van der Waals surface area contributed by atoms with Crippen LogP contribution >= 0.6 is 11.6 Å². The Labute approximate surface area is 130 Å². The molecule has 2 aromatic carbocycles. The van der Waals surface area contributed by atoms with Crippen LogP contribution in [-0.4, -0.2) is 0 Å². The molecule has 1 aliphatic rings. The molecule has 0 amide bonds. The van der Waals surface area contributed by atoms with Crippen molar-refractivity contribution in [1.82, 2.24) is 0 Å². The second-order valence-electron chi connectivity index (χ2n) is 5.36. The van der Waals surface area contributed by atoms with Gasteiger partial charge in [0.2, 0.25) is 0 Å². The van der Waals surface area contributed by atoms with Crippen molar-refractivity contribution < 1.29 is 0 Å². The summed E-state index contributed by atoms with van der Waals surface area (Å²) in [4.78, 5) is 0. The topological polar surface area (TPSA) is 26.0 Å². The van der Waals surface area contributed by atoms with E-state index in [9.17, 15) is 0 Å². The zero-order chi connectivity index (χ0) is 14.7. The molecule has 106 valence electrons. The van der Waals surface area contributed by atoms with Gasteiger partial charge >= 0.3 is 0 Å². The van der Waals surface area contributed by atoms with Crippen molar-refractivity contribution in [3.05, 3.63) is 82.4 Å². The molecular formula is C19H18ClN. The Balaban J connectivity index is 2.07. The van der Waals surface area contributed by atoms with E-state index in [2.05, 4.69) is 24.3 Å². The molecule has 0 atom stereocenters. The molecule has 1 nitrogen and oxygen atoms in total. The second kappa shape index (κ2) is 6.19. The summed E-state index contributed by atoms with van der Waals surface area (Å²) in [5.41, 5.74) is 11.7. The van der Waals surface area contributed by atoms with Gasteiger partial charge in [-0.1, -0.05) is 65.7 Å². The van der Waals surface area contributed by atoms with Crippen LogP contribution in [0.5, 0.6) is 0 Å². The van der Waals surface area contributed by atoms with Crippen LogP contribution in [0.25, 0.3) is 5.57 Å². The smallest absolute Gasteiger partial charge is 0.0426 e. The summed E-state index contributed by atoms with van der Waals surface area (Å²) in [6.45, 7) is 0. The molecule has 1 aliphatic carbocycles. The van der Waals surface area contributed by atoms with Crippen LogP contribution in [0.2, 0.25) is 5.02 Å². The molecule has 2 heteroatoms. The maximum absolute atomic E-state index is 6.17. The van der Waals surface area contributed by atoms with Gasteiger partial charge in [0.25, 0.3) is 0 Å². The van der Waals surface area contributed by atoms with Crippen LogP contribution in [0.4, 0.5) is 5.69 Å². The zero-order valence-electron chi connectivity index (χ0n) is 11.9. The molecular weight excluding hydrogens is 278 g/mol. The average Bonchev–Trinajstić information content (AvgIpc) is 2.44. The van der Waals surface area contributed by atoms with Crippen molar-refractivity contribution in [2.24, 2.45) is 0 Å². The normalized spacial score (nSPS) is 14.7. The van der Waals surface area contributed by atoms with E-state index >= 15 is 0 Å². The van der Waals surface area contributed by atoms with Crippen molar-refractivity contribution in [2.45, 2.75) is 19.3 Å². The van der Waals surface area contributed by atoms with Crippen LogP contribution in [-0.2, 0) is 0 Å². The molecule has 0 aliphatic heterocycles. The van der Waals surface area contributed by atoms with E-state index in [4.69, 9.17) is 17.3 Å². The second-order valence-corrected chi connectivity index (χ2v) is 5.79. The fourth-order valence-corrected chi connectivity index (χ4v) is 2.67. The Bertz CT molecular complexity index is 693. The fourth-order valence-electron chi connectivity index (χ4n) is 2.49. The highest BCUT2D eigenvalue weighted by Crippen LogP contribution is 2.31. The molecule has 1 fully saturated rings. The Morgan fingerprint density at radius 3 is 2.43 bits per heavy atom. The largest absolute Gasteiger partial charge is 0.398 e. The highest BCUT2D eigenvalue weighted by Gasteiger charge is 2.10. The average molecular weight is 296 g/mol.